The van der Waals surface area contributed by atoms with Gasteiger partial charge in [-0.1, -0.05) is 17.7 Å². The molecule has 1 aromatic carbocycles. The second-order valence-electron chi connectivity index (χ2n) is 5.01. The number of methoxy groups -OCH3 is 1. The molecule has 1 N–H and O–H groups in total. The van der Waals surface area contributed by atoms with Gasteiger partial charge in [0.25, 0.3) is 0 Å². The summed E-state index contributed by atoms with van der Waals surface area (Å²) in [7, 11) is 1.61. The van der Waals surface area contributed by atoms with Crippen LogP contribution in [0.1, 0.15) is 11.1 Å². The van der Waals surface area contributed by atoms with Crippen LogP contribution in [0.25, 0.3) is 0 Å². The Hall–Kier alpha value is -1.59. The van der Waals surface area contributed by atoms with Crippen LogP contribution in [0.2, 0.25) is 0 Å². The van der Waals surface area contributed by atoms with Crippen LogP contribution in [0.3, 0.4) is 0 Å². The molecule has 2 rings (SSSR count). The highest BCUT2D eigenvalue weighted by atomic mass is 16.5. The Balaban J connectivity index is 2.05. The molecule has 1 fully saturated rings. The van der Waals surface area contributed by atoms with Gasteiger partial charge in [-0.15, -0.1) is 0 Å². The van der Waals surface area contributed by atoms with E-state index in [0.717, 1.165) is 16.9 Å². The number of morpholine rings is 1. The van der Waals surface area contributed by atoms with E-state index in [-0.39, 0.29) is 18.6 Å². The number of ether oxygens (including phenoxy) is 2. The van der Waals surface area contributed by atoms with Crippen molar-refractivity contribution in [2.45, 2.75) is 19.4 Å². The number of hydrogen-bond acceptors (Lipinski definition) is 4. The monoisotopic (exact) mass is 279 g/mol. The molecule has 1 aliphatic rings. The van der Waals surface area contributed by atoms with Gasteiger partial charge in [0.1, 0.15) is 5.75 Å². The normalized spacial score (nSPS) is 18.9. The van der Waals surface area contributed by atoms with Gasteiger partial charge in [-0.3, -0.25) is 4.79 Å². The van der Waals surface area contributed by atoms with Gasteiger partial charge in [0, 0.05) is 18.7 Å². The average Bonchev–Trinajstić information content (AvgIpc) is 2.47. The fourth-order valence-electron chi connectivity index (χ4n) is 2.38. The van der Waals surface area contributed by atoms with E-state index in [1.165, 1.54) is 0 Å². The molecule has 1 aromatic rings. The maximum absolute atomic E-state index is 12.3. The molecule has 0 spiro atoms. The predicted molar refractivity (Wildman–Crippen MR) is 74.8 cm³/mol. The number of aliphatic hydroxyl groups is 1. The van der Waals surface area contributed by atoms with Crippen molar-refractivity contribution >= 4 is 5.91 Å². The summed E-state index contributed by atoms with van der Waals surface area (Å²) < 4.78 is 10.6. The number of benzene rings is 1. The minimum atomic E-state index is -0.271. The van der Waals surface area contributed by atoms with Gasteiger partial charge in [0.15, 0.2) is 0 Å². The highest BCUT2D eigenvalue weighted by Gasteiger charge is 2.24. The number of carbonyl (C=O) groups excluding carboxylic acids is 1. The average molecular weight is 279 g/mol. The molecule has 5 nitrogen and oxygen atoms in total. The van der Waals surface area contributed by atoms with E-state index in [1.54, 1.807) is 12.0 Å². The zero-order chi connectivity index (χ0) is 14.5. The first kappa shape index (κ1) is 14.8. The second-order valence-corrected chi connectivity index (χ2v) is 5.01. The van der Waals surface area contributed by atoms with Crippen LogP contribution < -0.4 is 4.74 Å². The Labute approximate surface area is 119 Å². The van der Waals surface area contributed by atoms with E-state index in [9.17, 15) is 4.79 Å². The number of nitrogens with zero attached hydrogens (tertiary/aromatic N) is 1. The molecule has 1 saturated heterocycles. The summed E-state index contributed by atoms with van der Waals surface area (Å²) in [6.45, 7) is 3.43. The van der Waals surface area contributed by atoms with Crippen molar-refractivity contribution in [1.82, 2.24) is 4.90 Å². The van der Waals surface area contributed by atoms with E-state index in [0.29, 0.717) is 26.1 Å². The first-order valence-corrected chi connectivity index (χ1v) is 6.77. The standard InChI is InChI=1S/C15H21NO4/c1-11-3-4-14(19-2)12(7-11)8-15(18)16-5-6-20-13(9-16)10-17/h3-4,7,13,17H,5-6,8-10H2,1-2H3. The highest BCUT2D eigenvalue weighted by Crippen LogP contribution is 2.21. The number of carbonyl (C=O) groups is 1. The summed E-state index contributed by atoms with van der Waals surface area (Å²) >= 11 is 0. The fraction of sp³-hybridized carbons (Fsp3) is 0.533. The number of hydrogen-bond donors (Lipinski definition) is 1. The molecule has 0 radical (unpaired) electrons. The summed E-state index contributed by atoms with van der Waals surface area (Å²) in [6.07, 6.45) is 0.0373. The number of aryl methyl sites for hydroxylation is 1. The third-order valence-electron chi connectivity index (χ3n) is 3.47. The van der Waals surface area contributed by atoms with Gasteiger partial charge in [-0.25, -0.2) is 0 Å². The Morgan fingerprint density at radius 2 is 2.35 bits per heavy atom. The Kier molecular flexibility index (Phi) is 4.98. The van der Waals surface area contributed by atoms with Crippen molar-refractivity contribution in [2.24, 2.45) is 0 Å². The lowest BCUT2D eigenvalue weighted by atomic mass is 10.1. The van der Waals surface area contributed by atoms with E-state index >= 15 is 0 Å². The quantitative estimate of drug-likeness (QED) is 0.884. The van der Waals surface area contributed by atoms with Crippen LogP contribution in [-0.4, -0.2) is 55.4 Å². The van der Waals surface area contributed by atoms with Crippen LogP contribution in [0, 0.1) is 6.92 Å². The molecular weight excluding hydrogens is 258 g/mol. The first-order chi connectivity index (χ1) is 9.63. The molecule has 20 heavy (non-hydrogen) atoms. The molecule has 110 valence electrons. The van der Waals surface area contributed by atoms with Gasteiger partial charge >= 0.3 is 0 Å². The van der Waals surface area contributed by atoms with E-state index in [2.05, 4.69) is 0 Å². The summed E-state index contributed by atoms with van der Waals surface area (Å²) in [5.41, 5.74) is 1.99. The second kappa shape index (κ2) is 6.72. The van der Waals surface area contributed by atoms with Crippen LogP contribution in [0.5, 0.6) is 5.75 Å². The summed E-state index contributed by atoms with van der Waals surface area (Å²) in [4.78, 5) is 14.1. The first-order valence-electron chi connectivity index (χ1n) is 6.77. The van der Waals surface area contributed by atoms with E-state index in [4.69, 9.17) is 14.6 Å². The molecule has 1 atom stereocenters. The van der Waals surface area contributed by atoms with Gasteiger partial charge < -0.3 is 19.5 Å². The smallest absolute Gasteiger partial charge is 0.227 e. The largest absolute Gasteiger partial charge is 0.496 e. The molecule has 5 heteroatoms. The minimum absolute atomic E-state index is 0.0376. The highest BCUT2D eigenvalue weighted by molar-refractivity contribution is 5.79. The van der Waals surface area contributed by atoms with Crippen LogP contribution in [-0.2, 0) is 16.0 Å². The Morgan fingerprint density at radius 3 is 3.05 bits per heavy atom. The van der Waals surface area contributed by atoms with Crippen LogP contribution >= 0.6 is 0 Å². The van der Waals surface area contributed by atoms with Crippen molar-refractivity contribution in [3.05, 3.63) is 29.3 Å². The molecule has 0 bridgehead atoms. The lowest BCUT2D eigenvalue weighted by Gasteiger charge is -2.32. The third kappa shape index (κ3) is 3.49. The summed E-state index contributed by atoms with van der Waals surface area (Å²) in [5, 5.41) is 9.12. The summed E-state index contributed by atoms with van der Waals surface area (Å²) in [5.74, 6) is 0.770. The molecular formula is C15H21NO4. The number of amides is 1. The SMILES string of the molecule is COc1ccc(C)cc1CC(=O)N1CCOC(CO)C1. The topological polar surface area (TPSA) is 59.0 Å². The van der Waals surface area contributed by atoms with Gasteiger partial charge in [-0.2, -0.15) is 0 Å². The molecule has 0 aromatic heterocycles. The van der Waals surface area contributed by atoms with Crippen LogP contribution in [0.15, 0.2) is 18.2 Å². The van der Waals surface area contributed by atoms with Crippen molar-refractivity contribution < 1.29 is 19.4 Å². The van der Waals surface area contributed by atoms with Crippen molar-refractivity contribution in [2.75, 3.05) is 33.4 Å². The van der Waals surface area contributed by atoms with E-state index in [1.807, 2.05) is 25.1 Å². The Bertz CT molecular complexity index is 475. The fourth-order valence-corrected chi connectivity index (χ4v) is 2.38. The zero-order valence-electron chi connectivity index (χ0n) is 12.0. The molecule has 1 heterocycles. The molecule has 1 aliphatic heterocycles. The summed E-state index contributed by atoms with van der Waals surface area (Å²) in [6, 6.07) is 5.82. The minimum Gasteiger partial charge on any atom is -0.496 e. The molecule has 1 amide bonds. The predicted octanol–water partition coefficient (Wildman–Crippen LogP) is 0.766. The van der Waals surface area contributed by atoms with Crippen LogP contribution in [0.4, 0.5) is 0 Å². The van der Waals surface area contributed by atoms with Crippen molar-refractivity contribution in [1.29, 1.82) is 0 Å². The van der Waals surface area contributed by atoms with E-state index < -0.39 is 0 Å². The number of aliphatic hydroxyl groups excluding tert-OH is 1. The van der Waals surface area contributed by atoms with Crippen molar-refractivity contribution in [3.63, 3.8) is 0 Å². The number of rotatable bonds is 4. The molecule has 0 aliphatic carbocycles. The van der Waals surface area contributed by atoms with Gasteiger partial charge in [-0.05, 0) is 13.0 Å². The molecule has 1 unspecified atom stereocenters. The lowest BCUT2D eigenvalue weighted by molar-refractivity contribution is -0.139. The maximum atomic E-state index is 12.3. The Morgan fingerprint density at radius 1 is 1.55 bits per heavy atom. The van der Waals surface area contributed by atoms with Gasteiger partial charge in [0.2, 0.25) is 5.91 Å². The lowest BCUT2D eigenvalue weighted by Crippen LogP contribution is -2.47. The maximum Gasteiger partial charge on any atom is 0.227 e. The zero-order valence-corrected chi connectivity index (χ0v) is 12.0. The van der Waals surface area contributed by atoms with Crippen molar-refractivity contribution in [3.8, 4) is 5.75 Å². The molecule has 0 saturated carbocycles. The third-order valence-corrected chi connectivity index (χ3v) is 3.47. The van der Waals surface area contributed by atoms with Gasteiger partial charge in [0.05, 0.1) is 32.8 Å².